The van der Waals surface area contributed by atoms with Gasteiger partial charge in [-0.2, -0.15) is 5.26 Å². The second-order valence-electron chi connectivity index (χ2n) is 4.52. The van der Waals surface area contributed by atoms with Crippen LogP contribution in [0.25, 0.3) is 0 Å². The molecule has 20 heavy (non-hydrogen) atoms. The van der Waals surface area contributed by atoms with Crippen molar-refractivity contribution in [3.05, 3.63) is 65.2 Å². The van der Waals surface area contributed by atoms with Crippen LogP contribution in [0, 0.1) is 11.3 Å². The lowest BCUT2D eigenvalue weighted by molar-refractivity contribution is 0.306. The number of nitriles is 1. The first-order valence-electron chi connectivity index (χ1n) is 6.73. The summed E-state index contributed by atoms with van der Waals surface area (Å²) in [4.78, 5) is 0. The number of ether oxygens (including phenoxy) is 1. The third-order valence-electron chi connectivity index (χ3n) is 2.99. The van der Waals surface area contributed by atoms with Crippen LogP contribution >= 0.6 is 0 Å². The van der Waals surface area contributed by atoms with Crippen molar-refractivity contribution in [2.75, 3.05) is 6.54 Å². The van der Waals surface area contributed by atoms with Crippen LogP contribution in [0.4, 0.5) is 0 Å². The first-order chi connectivity index (χ1) is 9.81. The van der Waals surface area contributed by atoms with Crippen molar-refractivity contribution in [1.29, 1.82) is 5.26 Å². The Morgan fingerprint density at radius 3 is 2.25 bits per heavy atom. The molecule has 0 aliphatic carbocycles. The molecule has 3 heteroatoms. The fourth-order valence-corrected chi connectivity index (χ4v) is 1.82. The first kappa shape index (κ1) is 14.1. The Hall–Kier alpha value is -2.31. The number of nitrogens with one attached hydrogen (secondary N) is 1. The summed E-state index contributed by atoms with van der Waals surface area (Å²) in [5.41, 5.74) is 2.97. The van der Waals surface area contributed by atoms with Crippen LogP contribution < -0.4 is 10.1 Å². The topological polar surface area (TPSA) is 45.0 Å². The number of rotatable bonds is 6. The zero-order valence-electron chi connectivity index (χ0n) is 11.6. The molecule has 0 spiro atoms. The molecule has 0 saturated carbocycles. The highest BCUT2D eigenvalue weighted by atomic mass is 16.5. The van der Waals surface area contributed by atoms with Gasteiger partial charge in [0.2, 0.25) is 0 Å². The van der Waals surface area contributed by atoms with Crippen LogP contribution in [0.3, 0.4) is 0 Å². The summed E-state index contributed by atoms with van der Waals surface area (Å²) in [6.45, 7) is 4.46. The van der Waals surface area contributed by atoms with Crippen LogP contribution in [0.2, 0.25) is 0 Å². The maximum absolute atomic E-state index is 8.74. The average molecular weight is 266 g/mol. The maximum Gasteiger partial charge on any atom is 0.119 e. The van der Waals surface area contributed by atoms with E-state index in [1.54, 1.807) is 12.1 Å². The van der Waals surface area contributed by atoms with Gasteiger partial charge in [-0.05, 0) is 41.9 Å². The number of hydrogen-bond donors (Lipinski definition) is 1. The molecular formula is C17H18N2O. The van der Waals surface area contributed by atoms with E-state index >= 15 is 0 Å². The van der Waals surface area contributed by atoms with E-state index in [1.807, 2.05) is 24.3 Å². The van der Waals surface area contributed by atoms with E-state index in [0.717, 1.165) is 24.4 Å². The van der Waals surface area contributed by atoms with Crippen molar-refractivity contribution in [2.24, 2.45) is 0 Å². The highest BCUT2D eigenvalue weighted by Crippen LogP contribution is 2.14. The maximum atomic E-state index is 8.74. The van der Waals surface area contributed by atoms with E-state index in [9.17, 15) is 0 Å². The SMILES string of the molecule is CCNCc1ccc(OCc2ccc(C#N)cc2)cc1. The molecule has 0 aliphatic heterocycles. The molecule has 0 fully saturated rings. The van der Waals surface area contributed by atoms with Crippen molar-refractivity contribution in [3.8, 4) is 11.8 Å². The monoisotopic (exact) mass is 266 g/mol. The molecule has 0 unspecified atom stereocenters. The molecule has 0 atom stereocenters. The van der Waals surface area contributed by atoms with Crippen molar-refractivity contribution < 1.29 is 4.74 Å². The van der Waals surface area contributed by atoms with E-state index in [2.05, 4.69) is 30.4 Å². The third kappa shape index (κ3) is 4.11. The minimum absolute atomic E-state index is 0.512. The number of benzene rings is 2. The van der Waals surface area contributed by atoms with Gasteiger partial charge in [0, 0.05) is 6.54 Å². The fraction of sp³-hybridized carbons (Fsp3) is 0.235. The van der Waals surface area contributed by atoms with Gasteiger partial charge in [-0.1, -0.05) is 31.2 Å². The minimum Gasteiger partial charge on any atom is -0.489 e. The Labute approximate surface area is 119 Å². The molecule has 2 aromatic carbocycles. The summed E-state index contributed by atoms with van der Waals surface area (Å²) >= 11 is 0. The van der Waals surface area contributed by atoms with Crippen molar-refractivity contribution in [1.82, 2.24) is 5.32 Å². The van der Waals surface area contributed by atoms with Crippen LogP contribution in [-0.4, -0.2) is 6.54 Å². The molecule has 0 bridgehead atoms. The molecule has 1 N–H and O–H groups in total. The quantitative estimate of drug-likeness (QED) is 0.873. The van der Waals surface area contributed by atoms with Gasteiger partial charge in [0.1, 0.15) is 12.4 Å². The van der Waals surface area contributed by atoms with E-state index in [4.69, 9.17) is 10.00 Å². The lowest BCUT2D eigenvalue weighted by Gasteiger charge is -2.08. The normalized spacial score (nSPS) is 10.0. The Balaban J connectivity index is 1.88. The first-order valence-corrected chi connectivity index (χ1v) is 6.73. The summed E-state index contributed by atoms with van der Waals surface area (Å²) in [5, 5.41) is 12.0. The average Bonchev–Trinajstić information content (AvgIpc) is 2.52. The van der Waals surface area contributed by atoms with E-state index in [0.29, 0.717) is 12.2 Å². The van der Waals surface area contributed by atoms with E-state index < -0.39 is 0 Å². The van der Waals surface area contributed by atoms with Gasteiger partial charge in [0.05, 0.1) is 11.6 Å². The summed E-state index contributed by atoms with van der Waals surface area (Å²) < 4.78 is 5.72. The van der Waals surface area contributed by atoms with Gasteiger partial charge in [0.15, 0.2) is 0 Å². The summed E-state index contributed by atoms with van der Waals surface area (Å²) in [5.74, 6) is 0.856. The van der Waals surface area contributed by atoms with Crippen LogP contribution in [0.5, 0.6) is 5.75 Å². The molecule has 3 nitrogen and oxygen atoms in total. The largest absolute Gasteiger partial charge is 0.489 e. The lowest BCUT2D eigenvalue weighted by atomic mass is 10.1. The van der Waals surface area contributed by atoms with Gasteiger partial charge in [0.25, 0.3) is 0 Å². The zero-order chi connectivity index (χ0) is 14.2. The highest BCUT2D eigenvalue weighted by Gasteiger charge is 1.98. The predicted molar refractivity (Wildman–Crippen MR) is 79.3 cm³/mol. The Bertz CT molecular complexity index is 567. The molecule has 0 aromatic heterocycles. The molecule has 2 rings (SSSR count). The van der Waals surface area contributed by atoms with Gasteiger partial charge >= 0.3 is 0 Å². The Morgan fingerprint density at radius 2 is 1.65 bits per heavy atom. The van der Waals surface area contributed by atoms with Crippen LogP contribution in [0.15, 0.2) is 48.5 Å². The molecular weight excluding hydrogens is 248 g/mol. The molecule has 0 saturated heterocycles. The van der Waals surface area contributed by atoms with Gasteiger partial charge < -0.3 is 10.1 Å². The standard InChI is InChI=1S/C17H18N2O/c1-2-19-12-15-7-9-17(10-8-15)20-13-16-5-3-14(11-18)4-6-16/h3-10,19H,2,12-13H2,1H3. The smallest absolute Gasteiger partial charge is 0.119 e. The molecule has 0 radical (unpaired) electrons. The van der Waals surface area contributed by atoms with Crippen LogP contribution in [-0.2, 0) is 13.2 Å². The van der Waals surface area contributed by atoms with E-state index in [-0.39, 0.29) is 0 Å². The van der Waals surface area contributed by atoms with Crippen molar-refractivity contribution >= 4 is 0 Å². The summed E-state index contributed by atoms with van der Waals surface area (Å²) in [7, 11) is 0. The molecule has 0 heterocycles. The third-order valence-corrected chi connectivity index (χ3v) is 2.99. The van der Waals surface area contributed by atoms with Gasteiger partial charge in [-0.15, -0.1) is 0 Å². The second-order valence-corrected chi connectivity index (χ2v) is 4.52. The number of hydrogen-bond acceptors (Lipinski definition) is 3. The lowest BCUT2D eigenvalue weighted by Crippen LogP contribution is -2.11. The second kappa shape index (κ2) is 7.32. The zero-order valence-corrected chi connectivity index (χ0v) is 11.6. The minimum atomic E-state index is 0.512. The summed E-state index contributed by atoms with van der Waals surface area (Å²) in [6, 6.07) is 17.6. The highest BCUT2D eigenvalue weighted by molar-refractivity contribution is 5.32. The Kier molecular flexibility index (Phi) is 5.16. The molecule has 2 aromatic rings. The van der Waals surface area contributed by atoms with E-state index in [1.165, 1.54) is 5.56 Å². The Morgan fingerprint density at radius 1 is 1.00 bits per heavy atom. The van der Waals surface area contributed by atoms with Gasteiger partial charge in [-0.25, -0.2) is 0 Å². The van der Waals surface area contributed by atoms with Crippen LogP contribution in [0.1, 0.15) is 23.6 Å². The molecule has 0 amide bonds. The fourth-order valence-electron chi connectivity index (χ4n) is 1.82. The molecule has 102 valence electrons. The predicted octanol–water partition coefficient (Wildman–Crippen LogP) is 3.25. The number of nitrogens with zero attached hydrogens (tertiary/aromatic N) is 1. The van der Waals surface area contributed by atoms with Gasteiger partial charge in [-0.3, -0.25) is 0 Å². The van der Waals surface area contributed by atoms with Crippen molar-refractivity contribution in [3.63, 3.8) is 0 Å². The van der Waals surface area contributed by atoms with Crippen molar-refractivity contribution in [2.45, 2.75) is 20.1 Å². The molecule has 0 aliphatic rings. The summed E-state index contributed by atoms with van der Waals surface area (Å²) in [6.07, 6.45) is 0.